The maximum absolute atomic E-state index is 5.79. The number of hydrogen-bond acceptors (Lipinski definition) is 5. The number of ether oxygens (including phenoxy) is 1. The highest BCUT2D eigenvalue weighted by Crippen LogP contribution is 2.23. The number of hydrogen-bond donors (Lipinski definition) is 0. The molecule has 24 heavy (non-hydrogen) atoms. The smallest absolute Gasteiger partial charge is 0.235 e. The van der Waals surface area contributed by atoms with Gasteiger partial charge in [-0.3, -0.25) is 0 Å². The predicted octanol–water partition coefficient (Wildman–Crippen LogP) is 4.05. The summed E-state index contributed by atoms with van der Waals surface area (Å²) in [6.07, 6.45) is 0. The highest BCUT2D eigenvalue weighted by molar-refractivity contribution is 7.16. The van der Waals surface area contributed by atoms with E-state index in [1.807, 2.05) is 36.4 Å². The van der Waals surface area contributed by atoms with Crippen LogP contribution in [0.15, 0.2) is 48.5 Å². The molecule has 0 bridgehead atoms. The fraction of sp³-hybridized carbons (Fsp3) is 0.167. The molecule has 0 amide bonds. The van der Waals surface area contributed by atoms with Crippen molar-refractivity contribution in [2.24, 2.45) is 0 Å². The lowest BCUT2D eigenvalue weighted by Crippen LogP contribution is -1.97. The summed E-state index contributed by atoms with van der Waals surface area (Å²) < 4.78 is 7.57. The molecule has 2 aromatic carbocycles. The Bertz CT molecular complexity index is 971. The largest absolute Gasteiger partial charge is 0.486 e. The molecule has 6 heteroatoms. The molecule has 0 saturated carbocycles. The maximum atomic E-state index is 5.79. The molecule has 0 spiro atoms. The van der Waals surface area contributed by atoms with E-state index in [0.29, 0.717) is 6.61 Å². The molecular formula is C18H16N4OS. The zero-order valence-corrected chi connectivity index (χ0v) is 14.2. The second-order valence-electron chi connectivity index (χ2n) is 5.68. The van der Waals surface area contributed by atoms with E-state index in [-0.39, 0.29) is 0 Å². The van der Waals surface area contributed by atoms with Gasteiger partial charge in [-0.15, -0.1) is 10.2 Å². The zero-order chi connectivity index (χ0) is 16.5. The van der Waals surface area contributed by atoms with Crippen molar-refractivity contribution in [2.45, 2.75) is 20.5 Å². The lowest BCUT2D eigenvalue weighted by Gasteiger charge is -2.03. The van der Waals surface area contributed by atoms with Crippen molar-refractivity contribution >= 4 is 16.3 Å². The lowest BCUT2D eigenvalue weighted by atomic mass is 10.1. The van der Waals surface area contributed by atoms with Gasteiger partial charge in [0, 0.05) is 5.56 Å². The quantitative estimate of drug-likeness (QED) is 0.564. The molecule has 0 atom stereocenters. The van der Waals surface area contributed by atoms with E-state index in [4.69, 9.17) is 4.74 Å². The Hall–Kier alpha value is -2.73. The standard InChI is InChI=1S/C18H16N4OS/c1-12-3-7-14(8-4-12)17-19-20-18-22(17)21-16(24-18)11-23-15-9-5-13(2)6-10-15/h3-10H,11H2,1-2H3. The van der Waals surface area contributed by atoms with Gasteiger partial charge in [0.25, 0.3) is 0 Å². The van der Waals surface area contributed by atoms with Crippen LogP contribution in [0.25, 0.3) is 16.3 Å². The number of aryl methyl sites for hydroxylation is 2. The van der Waals surface area contributed by atoms with E-state index in [1.165, 1.54) is 22.5 Å². The fourth-order valence-corrected chi connectivity index (χ4v) is 3.12. The van der Waals surface area contributed by atoms with Gasteiger partial charge in [0.15, 0.2) is 10.8 Å². The van der Waals surface area contributed by atoms with Crippen LogP contribution in [0.1, 0.15) is 16.1 Å². The molecule has 0 aliphatic carbocycles. The Morgan fingerprint density at radius 3 is 2.29 bits per heavy atom. The molecule has 4 aromatic rings. The van der Waals surface area contributed by atoms with E-state index in [1.54, 1.807) is 4.52 Å². The fourth-order valence-electron chi connectivity index (χ4n) is 2.38. The Kier molecular flexibility index (Phi) is 3.74. The molecule has 0 saturated heterocycles. The van der Waals surface area contributed by atoms with Crippen molar-refractivity contribution in [3.05, 3.63) is 64.7 Å². The van der Waals surface area contributed by atoms with Crippen molar-refractivity contribution in [1.29, 1.82) is 0 Å². The zero-order valence-electron chi connectivity index (χ0n) is 13.4. The van der Waals surface area contributed by atoms with Gasteiger partial charge in [-0.05, 0) is 26.0 Å². The van der Waals surface area contributed by atoms with Crippen LogP contribution < -0.4 is 4.74 Å². The van der Waals surface area contributed by atoms with E-state index in [0.717, 1.165) is 27.1 Å². The Morgan fingerprint density at radius 1 is 0.917 bits per heavy atom. The number of aromatic nitrogens is 4. The van der Waals surface area contributed by atoms with E-state index in [9.17, 15) is 0 Å². The average molecular weight is 336 g/mol. The average Bonchev–Trinajstić information content (AvgIpc) is 3.15. The topological polar surface area (TPSA) is 52.3 Å². The molecule has 0 radical (unpaired) electrons. The minimum absolute atomic E-state index is 0.421. The Morgan fingerprint density at radius 2 is 1.58 bits per heavy atom. The van der Waals surface area contributed by atoms with Gasteiger partial charge in [-0.25, -0.2) is 0 Å². The molecular weight excluding hydrogens is 320 g/mol. The third-order valence-corrected chi connectivity index (χ3v) is 4.60. The van der Waals surface area contributed by atoms with E-state index >= 15 is 0 Å². The first kappa shape index (κ1) is 14.8. The monoisotopic (exact) mass is 336 g/mol. The summed E-state index contributed by atoms with van der Waals surface area (Å²) in [5, 5.41) is 13.9. The van der Waals surface area contributed by atoms with Crippen LogP contribution in [-0.4, -0.2) is 19.8 Å². The van der Waals surface area contributed by atoms with E-state index < -0.39 is 0 Å². The third kappa shape index (κ3) is 2.88. The molecule has 0 unspecified atom stereocenters. The minimum atomic E-state index is 0.421. The number of fused-ring (bicyclic) bond motifs is 1. The molecule has 0 fully saturated rings. The predicted molar refractivity (Wildman–Crippen MR) is 94.3 cm³/mol. The summed E-state index contributed by atoms with van der Waals surface area (Å²) in [4.78, 5) is 0.771. The van der Waals surface area contributed by atoms with Crippen LogP contribution in [0, 0.1) is 13.8 Å². The summed E-state index contributed by atoms with van der Waals surface area (Å²) in [6, 6.07) is 16.2. The molecule has 120 valence electrons. The molecule has 5 nitrogen and oxygen atoms in total. The molecule has 4 rings (SSSR count). The number of benzene rings is 2. The summed E-state index contributed by atoms with van der Waals surface area (Å²) in [5.74, 6) is 1.59. The number of rotatable bonds is 4. The van der Waals surface area contributed by atoms with Gasteiger partial charge in [-0.2, -0.15) is 9.61 Å². The highest BCUT2D eigenvalue weighted by Gasteiger charge is 2.13. The molecule has 0 aliphatic heterocycles. The Balaban J connectivity index is 1.57. The van der Waals surface area contributed by atoms with Gasteiger partial charge >= 0.3 is 0 Å². The normalized spacial score (nSPS) is 11.1. The van der Waals surface area contributed by atoms with Crippen molar-refractivity contribution in [2.75, 3.05) is 0 Å². The van der Waals surface area contributed by atoms with Gasteiger partial charge < -0.3 is 4.74 Å². The van der Waals surface area contributed by atoms with Crippen molar-refractivity contribution in [3.8, 4) is 17.1 Å². The third-order valence-electron chi connectivity index (χ3n) is 3.73. The molecule has 0 N–H and O–H groups in total. The minimum Gasteiger partial charge on any atom is -0.486 e. The Labute approximate surface area is 143 Å². The summed E-state index contributed by atoms with van der Waals surface area (Å²) in [6.45, 7) is 4.54. The van der Waals surface area contributed by atoms with Gasteiger partial charge in [0.05, 0.1) is 0 Å². The van der Waals surface area contributed by atoms with Gasteiger partial charge in [-0.1, -0.05) is 58.9 Å². The maximum Gasteiger partial charge on any atom is 0.235 e. The molecule has 2 aromatic heterocycles. The van der Waals surface area contributed by atoms with Crippen molar-refractivity contribution in [3.63, 3.8) is 0 Å². The van der Waals surface area contributed by atoms with Crippen LogP contribution in [0.4, 0.5) is 0 Å². The lowest BCUT2D eigenvalue weighted by molar-refractivity contribution is 0.304. The van der Waals surface area contributed by atoms with Crippen molar-refractivity contribution in [1.82, 2.24) is 19.8 Å². The first-order valence-corrected chi connectivity index (χ1v) is 8.48. The number of nitrogens with zero attached hydrogens (tertiary/aromatic N) is 4. The summed E-state index contributed by atoms with van der Waals surface area (Å²) in [7, 11) is 0. The van der Waals surface area contributed by atoms with Crippen LogP contribution in [0.2, 0.25) is 0 Å². The summed E-state index contributed by atoms with van der Waals surface area (Å²) >= 11 is 1.49. The van der Waals surface area contributed by atoms with Crippen LogP contribution in [0.3, 0.4) is 0 Å². The first-order valence-electron chi connectivity index (χ1n) is 7.67. The highest BCUT2D eigenvalue weighted by atomic mass is 32.1. The van der Waals surface area contributed by atoms with Gasteiger partial charge in [0.2, 0.25) is 4.96 Å². The molecule has 0 aliphatic rings. The first-order chi connectivity index (χ1) is 11.7. The summed E-state index contributed by atoms with van der Waals surface area (Å²) in [5.41, 5.74) is 3.43. The van der Waals surface area contributed by atoms with Crippen LogP contribution in [0.5, 0.6) is 5.75 Å². The second-order valence-corrected chi connectivity index (χ2v) is 6.72. The SMILES string of the molecule is Cc1ccc(OCc2nn3c(-c4ccc(C)cc4)nnc3s2)cc1. The molecule has 2 heterocycles. The van der Waals surface area contributed by atoms with E-state index in [2.05, 4.69) is 41.3 Å². The van der Waals surface area contributed by atoms with Crippen molar-refractivity contribution < 1.29 is 4.74 Å². The second kappa shape index (κ2) is 6.05. The van der Waals surface area contributed by atoms with Crippen LogP contribution in [-0.2, 0) is 6.61 Å². The van der Waals surface area contributed by atoms with Crippen LogP contribution >= 0.6 is 11.3 Å². The van der Waals surface area contributed by atoms with Gasteiger partial charge in [0.1, 0.15) is 12.4 Å².